The van der Waals surface area contributed by atoms with Gasteiger partial charge in [0.15, 0.2) is 0 Å². The molecule has 0 saturated heterocycles. The number of carbonyl (C=O) groups is 1. The SMILES string of the molecule is O=C(NC1(c2nc(-c3cccnc3)no2)CCCCC1)c1ccc2ccccc2n1. The molecule has 0 atom stereocenters. The third kappa shape index (κ3) is 3.43. The predicted octanol–water partition coefficient (Wildman–Crippen LogP) is 4.27. The van der Waals surface area contributed by atoms with Crippen molar-refractivity contribution in [2.45, 2.75) is 37.6 Å². The van der Waals surface area contributed by atoms with E-state index in [0.717, 1.165) is 48.6 Å². The van der Waals surface area contributed by atoms with E-state index >= 15 is 0 Å². The zero-order chi connectivity index (χ0) is 20.4. The number of fused-ring (bicyclic) bond motifs is 1. The topological polar surface area (TPSA) is 93.8 Å². The first-order chi connectivity index (χ1) is 14.7. The van der Waals surface area contributed by atoms with Crippen LogP contribution < -0.4 is 5.32 Å². The number of hydrogen-bond acceptors (Lipinski definition) is 6. The lowest BCUT2D eigenvalue weighted by atomic mass is 9.81. The van der Waals surface area contributed by atoms with Gasteiger partial charge in [-0.25, -0.2) is 4.98 Å². The molecule has 150 valence electrons. The lowest BCUT2D eigenvalue weighted by molar-refractivity contribution is 0.0820. The highest BCUT2D eigenvalue weighted by atomic mass is 16.5. The second kappa shape index (κ2) is 7.67. The molecule has 3 aromatic heterocycles. The summed E-state index contributed by atoms with van der Waals surface area (Å²) in [5, 5.41) is 8.32. The van der Waals surface area contributed by atoms with Crippen LogP contribution in [0.25, 0.3) is 22.3 Å². The maximum absolute atomic E-state index is 13.1. The lowest BCUT2D eigenvalue weighted by Crippen LogP contribution is -2.47. The van der Waals surface area contributed by atoms with Crippen molar-refractivity contribution in [1.29, 1.82) is 0 Å². The van der Waals surface area contributed by atoms with Crippen molar-refractivity contribution in [3.63, 3.8) is 0 Å². The number of amides is 1. The molecule has 1 fully saturated rings. The summed E-state index contributed by atoms with van der Waals surface area (Å²) in [5.41, 5.74) is 1.27. The number of para-hydroxylation sites is 1. The summed E-state index contributed by atoms with van der Waals surface area (Å²) >= 11 is 0. The Morgan fingerprint density at radius 3 is 2.67 bits per heavy atom. The molecule has 1 N–H and O–H groups in total. The van der Waals surface area contributed by atoms with Crippen molar-refractivity contribution in [3.05, 3.63) is 72.5 Å². The molecule has 3 heterocycles. The van der Waals surface area contributed by atoms with E-state index in [4.69, 9.17) is 4.52 Å². The van der Waals surface area contributed by atoms with E-state index in [0.29, 0.717) is 17.4 Å². The molecule has 1 amide bonds. The van der Waals surface area contributed by atoms with Crippen LogP contribution in [-0.4, -0.2) is 26.0 Å². The molecule has 1 saturated carbocycles. The van der Waals surface area contributed by atoms with E-state index in [2.05, 4.69) is 25.4 Å². The third-order valence-electron chi connectivity index (χ3n) is 5.65. The Morgan fingerprint density at radius 1 is 0.967 bits per heavy atom. The summed E-state index contributed by atoms with van der Waals surface area (Å²) in [6.45, 7) is 0. The highest BCUT2D eigenvalue weighted by Crippen LogP contribution is 2.37. The van der Waals surface area contributed by atoms with Crippen molar-refractivity contribution >= 4 is 16.8 Å². The Hall–Kier alpha value is -3.61. The summed E-state index contributed by atoms with van der Waals surface area (Å²) in [6, 6.07) is 15.1. The van der Waals surface area contributed by atoms with Crippen molar-refractivity contribution < 1.29 is 9.32 Å². The van der Waals surface area contributed by atoms with Gasteiger partial charge in [0.05, 0.1) is 5.52 Å². The van der Waals surface area contributed by atoms with Gasteiger partial charge in [0, 0.05) is 23.3 Å². The van der Waals surface area contributed by atoms with Gasteiger partial charge in [0.25, 0.3) is 11.8 Å². The van der Waals surface area contributed by atoms with E-state index < -0.39 is 5.54 Å². The quantitative estimate of drug-likeness (QED) is 0.551. The van der Waals surface area contributed by atoms with Gasteiger partial charge < -0.3 is 9.84 Å². The summed E-state index contributed by atoms with van der Waals surface area (Å²) in [7, 11) is 0. The van der Waals surface area contributed by atoms with Gasteiger partial charge in [0.2, 0.25) is 5.82 Å². The average molecular weight is 399 g/mol. The van der Waals surface area contributed by atoms with Gasteiger partial charge in [0.1, 0.15) is 11.2 Å². The Kier molecular flexibility index (Phi) is 4.71. The number of pyridine rings is 2. The fraction of sp³-hybridized carbons (Fsp3) is 0.261. The molecule has 1 aromatic carbocycles. The van der Waals surface area contributed by atoms with E-state index in [-0.39, 0.29) is 5.91 Å². The van der Waals surface area contributed by atoms with Gasteiger partial charge in [-0.3, -0.25) is 9.78 Å². The standard InChI is InChI=1S/C23H21N5O2/c29-21(19-11-10-16-7-2-3-9-18(16)25-19)27-23(12-4-1-5-13-23)22-26-20(28-30-22)17-8-6-14-24-15-17/h2-3,6-11,14-15H,1,4-5,12-13H2,(H,27,29). The molecule has 0 spiro atoms. The van der Waals surface area contributed by atoms with Crippen molar-refractivity contribution in [1.82, 2.24) is 25.4 Å². The van der Waals surface area contributed by atoms with Crippen LogP contribution in [0.15, 0.2) is 65.4 Å². The second-order valence-electron chi connectivity index (χ2n) is 7.65. The fourth-order valence-corrected chi connectivity index (χ4v) is 4.05. The number of aromatic nitrogens is 4. The summed E-state index contributed by atoms with van der Waals surface area (Å²) in [6.07, 6.45) is 7.98. The molecule has 7 nitrogen and oxygen atoms in total. The van der Waals surface area contributed by atoms with Gasteiger partial charge in [-0.2, -0.15) is 4.98 Å². The van der Waals surface area contributed by atoms with Crippen LogP contribution in [0.4, 0.5) is 0 Å². The minimum Gasteiger partial charge on any atom is -0.336 e. The van der Waals surface area contributed by atoms with Gasteiger partial charge in [-0.15, -0.1) is 0 Å². The molecular formula is C23H21N5O2. The summed E-state index contributed by atoms with van der Waals surface area (Å²) < 4.78 is 5.64. The monoisotopic (exact) mass is 399 g/mol. The smallest absolute Gasteiger partial charge is 0.270 e. The maximum atomic E-state index is 13.1. The van der Waals surface area contributed by atoms with Crippen LogP contribution in [0.1, 0.15) is 48.5 Å². The van der Waals surface area contributed by atoms with Crippen molar-refractivity contribution in [2.24, 2.45) is 0 Å². The number of nitrogens with zero attached hydrogens (tertiary/aromatic N) is 4. The Bertz CT molecular complexity index is 1180. The predicted molar refractivity (Wildman–Crippen MR) is 112 cm³/mol. The maximum Gasteiger partial charge on any atom is 0.270 e. The van der Waals surface area contributed by atoms with Crippen molar-refractivity contribution in [2.75, 3.05) is 0 Å². The third-order valence-corrected chi connectivity index (χ3v) is 5.65. The minimum absolute atomic E-state index is 0.233. The van der Waals surface area contributed by atoms with Gasteiger partial charge in [-0.05, 0) is 37.1 Å². The number of carbonyl (C=O) groups excluding carboxylic acids is 1. The highest BCUT2D eigenvalue weighted by molar-refractivity contribution is 5.95. The van der Waals surface area contributed by atoms with E-state index in [9.17, 15) is 4.79 Å². The first kappa shape index (κ1) is 18.4. The molecule has 7 heteroatoms. The van der Waals surface area contributed by atoms with E-state index in [1.54, 1.807) is 18.5 Å². The fourth-order valence-electron chi connectivity index (χ4n) is 4.05. The molecule has 5 rings (SSSR count). The molecule has 0 unspecified atom stereocenters. The summed E-state index contributed by atoms with van der Waals surface area (Å²) in [4.78, 5) is 26.4. The number of benzene rings is 1. The first-order valence-corrected chi connectivity index (χ1v) is 10.2. The molecule has 4 aromatic rings. The Morgan fingerprint density at radius 2 is 1.83 bits per heavy atom. The first-order valence-electron chi connectivity index (χ1n) is 10.2. The molecule has 1 aliphatic carbocycles. The largest absolute Gasteiger partial charge is 0.336 e. The normalized spacial score (nSPS) is 15.7. The molecule has 1 aliphatic rings. The number of hydrogen-bond donors (Lipinski definition) is 1. The van der Waals surface area contributed by atoms with E-state index in [1.165, 1.54) is 0 Å². The van der Waals surface area contributed by atoms with Crippen molar-refractivity contribution in [3.8, 4) is 11.4 Å². The Labute approximate surface area is 173 Å². The van der Waals surface area contributed by atoms with E-state index in [1.807, 2.05) is 42.5 Å². The minimum atomic E-state index is -0.684. The highest BCUT2D eigenvalue weighted by Gasteiger charge is 2.41. The molecule has 0 radical (unpaired) electrons. The average Bonchev–Trinajstić information content (AvgIpc) is 3.31. The number of rotatable bonds is 4. The zero-order valence-corrected chi connectivity index (χ0v) is 16.4. The lowest BCUT2D eigenvalue weighted by Gasteiger charge is -2.34. The molecule has 0 aliphatic heterocycles. The van der Waals surface area contributed by atoms with Gasteiger partial charge in [-0.1, -0.05) is 48.7 Å². The zero-order valence-electron chi connectivity index (χ0n) is 16.4. The van der Waals surface area contributed by atoms with Crippen LogP contribution in [0, 0.1) is 0 Å². The van der Waals surface area contributed by atoms with Crippen LogP contribution in [0.2, 0.25) is 0 Å². The van der Waals surface area contributed by atoms with Crippen LogP contribution in [0.3, 0.4) is 0 Å². The Balaban J connectivity index is 1.46. The van der Waals surface area contributed by atoms with Crippen LogP contribution in [-0.2, 0) is 5.54 Å². The second-order valence-corrected chi connectivity index (χ2v) is 7.65. The van der Waals surface area contributed by atoms with Gasteiger partial charge >= 0.3 is 0 Å². The molecule has 0 bridgehead atoms. The van der Waals surface area contributed by atoms with Crippen LogP contribution in [0.5, 0.6) is 0 Å². The number of nitrogens with one attached hydrogen (secondary N) is 1. The van der Waals surface area contributed by atoms with Crippen LogP contribution >= 0.6 is 0 Å². The molecule has 30 heavy (non-hydrogen) atoms. The molecular weight excluding hydrogens is 378 g/mol. The summed E-state index contributed by atoms with van der Waals surface area (Å²) in [5.74, 6) is 0.681.